The van der Waals surface area contributed by atoms with Crippen molar-refractivity contribution < 1.29 is 9.59 Å². The molecule has 0 atom stereocenters. The summed E-state index contributed by atoms with van der Waals surface area (Å²) in [4.78, 5) is 29.1. The van der Waals surface area contributed by atoms with Gasteiger partial charge in [-0.2, -0.15) is 5.10 Å². The van der Waals surface area contributed by atoms with E-state index in [0.717, 1.165) is 38.2 Å². The number of piperidine rings is 1. The van der Waals surface area contributed by atoms with E-state index < -0.39 is 0 Å². The zero-order valence-corrected chi connectivity index (χ0v) is 16.7. The van der Waals surface area contributed by atoms with Crippen molar-refractivity contribution in [3.05, 3.63) is 12.4 Å². The van der Waals surface area contributed by atoms with E-state index in [2.05, 4.69) is 43.0 Å². The van der Waals surface area contributed by atoms with Gasteiger partial charge < -0.3 is 10.2 Å². The second-order valence-electron chi connectivity index (χ2n) is 7.61. The van der Waals surface area contributed by atoms with Crippen LogP contribution in [-0.2, 0) is 16.1 Å². The lowest BCUT2D eigenvalue weighted by Gasteiger charge is -2.35. The highest BCUT2D eigenvalue weighted by atomic mass is 16.2. The molecule has 0 spiro atoms. The number of amides is 2. The molecular weight excluding hydrogens is 330 g/mol. The molecule has 2 heterocycles. The molecule has 0 aromatic carbocycles. The van der Waals surface area contributed by atoms with Crippen LogP contribution >= 0.6 is 0 Å². The zero-order valence-electron chi connectivity index (χ0n) is 16.7. The molecule has 1 aromatic heterocycles. The highest BCUT2D eigenvalue weighted by molar-refractivity contribution is 5.92. The lowest BCUT2D eigenvalue weighted by Crippen LogP contribution is -2.49. The van der Waals surface area contributed by atoms with Crippen LogP contribution in [0.3, 0.4) is 0 Å². The highest BCUT2D eigenvalue weighted by Crippen LogP contribution is 2.20. The minimum atomic E-state index is -0.00220. The van der Waals surface area contributed by atoms with Crippen molar-refractivity contribution in [2.24, 2.45) is 5.92 Å². The largest absolute Gasteiger partial charge is 0.337 e. The molecule has 1 N–H and O–H groups in total. The fourth-order valence-electron chi connectivity index (χ4n) is 3.64. The smallest absolute Gasteiger partial charge is 0.237 e. The number of aryl methyl sites for hydroxylation is 1. The molecule has 2 amide bonds. The maximum atomic E-state index is 12.6. The van der Waals surface area contributed by atoms with Gasteiger partial charge in [-0.3, -0.25) is 19.2 Å². The van der Waals surface area contributed by atoms with Crippen molar-refractivity contribution in [1.29, 1.82) is 0 Å². The molecule has 26 heavy (non-hydrogen) atoms. The fraction of sp³-hybridized carbons (Fsp3) is 0.737. The molecule has 1 aliphatic rings. The number of anilines is 1. The minimum absolute atomic E-state index is 0.00220. The van der Waals surface area contributed by atoms with Gasteiger partial charge in [-0.25, -0.2) is 0 Å². The molecule has 0 unspecified atom stereocenters. The predicted molar refractivity (Wildman–Crippen MR) is 103 cm³/mol. The molecular formula is C19H33N5O2. The number of carbonyl (C=O) groups is 2. The topological polar surface area (TPSA) is 70.5 Å². The highest BCUT2D eigenvalue weighted by Gasteiger charge is 2.28. The van der Waals surface area contributed by atoms with Crippen LogP contribution in [0.2, 0.25) is 0 Å². The number of carbonyl (C=O) groups excluding carboxylic acids is 2. The molecule has 0 saturated carbocycles. The van der Waals surface area contributed by atoms with Crippen LogP contribution in [0.4, 0.5) is 5.69 Å². The van der Waals surface area contributed by atoms with Gasteiger partial charge in [0.15, 0.2) is 0 Å². The average molecular weight is 364 g/mol. The number of nitrogens with zero attached hydrogens (tertiary/aromatic N) is 4. The first-order chi connectivity index (χ1) is 12.3. The Morgan fingerprint density at radius 2 is 1.85 bits per heavy atom. The quantitative estimate of drug-likeness (QED) is 0.806. The molecule has 7 nitrogen and oxygen atoms in total. The van der Waals surface area contributed by atoms with E-state index in [0.29, 0.717) is 6.54 Å². The maximum Gasteiger partial charge on any atom is 0.237 e. The van der Waals surface area contributed by atoms with Gasteiger partial charge >= 0.3 is 0 Å². The van der Waals surface area contributed by atoms with Crippen molar-refractivity contribution in [1.82, 2.24) is 19.6 Å². The van der Waals surface area contributed by atoms with Crippen LogP contribution in [0.5, 0.6) is 0 Å². The lowest BCUT2D eigenvalue weighted by molar-refractivity contribution is -0.136. The van der Waals surface area contributed by atoms with Gasteiger partial charge in [0.25, 0.3) is 0 Å². The van der Waals surface area contributed by atoms with Crippen molar-refractivity contribution in [3.8, 4) is 0 Å². The van der Waals surface area contributed by atoms with Crippen LogP contribution in [0.15, 0.2) is 12.4 Å². The number of rotatable bonds is 7. The number of aromatic nitrogens is 2. The molecule has 7 heteroatoms. The Hall–Kier alpha value is -1.89. The second-order valence-corrected chi connectivity index (χ2v) is 7.61. The van der Waals surface area contributed by atoms with Gasteiger partial charge in [0.2, 0.25) is 11.8 Å². The van der Waals surface area contributed by atoms with Crippen molar-refractivity contribution in [2.75, 3.05) is 25.0 Å². The number of nitrogens with one attached hydrogen (secondary N) is 1. The third-order valence-electron chi connectivity index (χ3n) is 4.94. The summed E-state index contributed by atoms with van der Waals surface area (Å²) in [7, 11) is 0. The molecule has 0 aliphatic carbocycles. The molecule has 0 bridgehead atoms. The van der Waals surface area contributed by atoms with Gasteiger partial charge in [0.1, 0.15) is 0 Å². The first-order valence-electron chi connectivity index (χ1n) is 9.68. The van der Waals surface area contributed by atoms with Gasteiger partial charge in [-0.05, 0) is 60.5 Å². The van der Waals surface area contributed by atoms with E-state index in [-0.39, 0.29) is 29.8 Å². The van der Waals surface area contributed by atoms with E-state index >= 15 is 0 Å². The lowest BCUT2D eigenvalue weighted by atomic mass is 9.96. The van der Waals surface area contributed by atoms with Crippen molar-refractivity contribution >= 4 is 17.5 Å². The first-order valence-corrected chi connectivity index (χ1v) is 9.68. The van der Waals surface area contributed by atoms with Gasteiger partial charge in [0.05, 0.1) is 18.4 Å². The Morgan fingerprint density at radius 3 is 2.35 bits per heavy atom. The Kier molecular flexibility index (Phi) is 7.20. The Balaban J connectivity index is 1.81. The zero-order chi connectivity index (χ0) is 19.3. The molecule has 1 aliphatic heterocycles. The summed E-state index contributed by atoms with van der Waals surface area (Å²) < 4.78 is 1.79. The SMILES string of the molecule is CCn1cc(NC(=O)C2CCN(CC(=O)N(C(C)C)C(C)C)CC2)cn1. The van der Waals surface area contributed by atoms with Crippen LogP contribution in [0.1, 0.15) is 47.5 Å². The van der Waals surface area contributed by atoms with E-state index in [9.17, 15) is 9.59 Å². The molecule has 1 fully saturated rings. The van der Waals surface area contributed by atoms with E-state index in [1.165, 1.54) is 0 Å². The number of likely N-dealkylation sites (tertiary alicyclic amines) is 1. The molecule has 1 aromatic rings. The van der Waals surface area contributed by atoms with Gasteiger partial charge in [-0.1, -0.05) is 0 Å². The van der Waals surface area contributed by atoms with Crippen molar-refractivity contribution in [3.63, 3.8) is 0 Å². The summed E-state index contributed by atoms with van der Waals surface area (Å²) in [6, 6.07) is 0.407. The molecule has 1 saturated heterocycles. The standard InChI is InChI=1S/C19H33N5O2/c1-6-23-12-17(11-20-23)21-19(26)16-7-9-22(10-8-16)13-18(25)24(14(2)3)15(4)5/h11-12,14-16H,6-10,13H2,1-5H3,(H,21,26). The third-order valence-corrected chi connectivity index (χ3v) is 4.94. The number of hydrogen-bond acceptors (Lipinski definition) is 4. The number of hydrogen-bond donors (Lipinski definition) is 1. The predicted octanol–water partition coefficient (Wildman–Crippen LogP) is 2.20. The second kappa shape index (κ2) is 9.16. The normalized spacial score (nSPS) is 16.3. The summed E-state index contributed by atoms with van der Waals surface area (Å²) in [5.74, 6) is 0.222. The fourth-order valence-corrected chi connectivity index (χ4v) is 3.64. The Bertz CT molecular complexity index is 595. The van der Waals surface area contributed by atoms with Crippen LogP contribution in [0, 0.1) is 5.92 Å². The van der Waals surface area contributed by atoms with E-state index in [1.807, 2.05) is 18.0 Å². The summed E-state index contributed by atoms with van der Waals surface area (Å²) in [6.07, 6.45) is 5.09. The Morgan fingerprint density at radius 1 is 1.23 bits per heavy atom. The van der Waals surface area contributed by atoms with Gasteiger partial charge in [0, 0.05) is 30.7 Å². The summed E-state index contributed by atoms with van der Waals surface area (Å²) >= 11 is 0. The minimum Gasteiger partial charge on any atom is -0.337 e. The maximum absolute atomic E-state index is 12.6. The van der Waals surface area contributed by atoms with Gasteiger partial charge in [-0.15, -0.1) is 0 Å². The Labute approximate surface area is 156 Å². The average Bonchev–Trinajstić information content (AvgIpc) is 3.02. The van der Waals surface area contributed by atoms with E-state index in [4.69, 9.17) is 0 Å². The van der Waals surface area contributed by atoms with Crippen LogP contribution < -0.4 is 5.32 Å². The van der Waals surface area contributed by atoms with Crippen molar-refractivity contribution in [2.45, 2.75) is 66.1 Å². The summed E-state index contributed by atoms with van der Waals surface area (Å²) in [5.41, 5.74) is 0.749. The third kappa shape index (κ3) is 5.30. The summed E-state index contributed by atoms with van der Waals surface area (Å²) in [5, 5.41) is 7.13. The monoisotopic (exact) mass is 363 g/mol. The van der Waals surface area contributed by atoms with E-state index in [1.54, 1.807) is 10.9 Å². The molecule has 0 radical (unpaired) electrons. The van der Waals surface area contributed by atoms with Crippen LogP contribution in [0.25, 0.3) is 0 Å². The summed E-state index contributed by atoms with van der Waals surface area (Å²) in [6.45, 7) is 13.0. The first kappa shape index (κ1) is 20.4. The molecule has 2 rings (SSSR count). The van der Waals surface area contributed by atoms with Crippen LogP contribution in [-0.4, -0.2) is 63.1 Å². The molecule has 146 valence electrons.